The molecular formula is C21H28N3O3+. The lowest BCUT2D eigenvalue weighted by Gasteiger charge is -2.20. The topological polar surface area (TPSA) is 88.8 Å². The Morgan fingerprint density at radius 3 is 2.37 bits per heavy atom. The summed E-state index contributed by atoms with van der Waals surface area (Å²) < 4.78 is 0. The Morgan fingerprint density at radius 1 is 1.19 bits per heavy atom. The summed E-state index contributed by atoms with van der Waals surface area (Å²) in [4.78, 5) is 22.7. The van der Waals surface area contributed by atoms with E-state index < -0.39 is 4.92 Å². The molecule has 3 N–H and O–H groups in total. The van der Waals surface area contributed by atoms with Gasteiger partial charge in [0.25, 0.3) is 11.6 Å². The van der Waals surface area contributed by atoms with Crippen molar-refractivity contribution in [3.05, 3.63) is 69.3 Å². The van der Waals surface area contributed by atoms with E-state index in [-0.39, 0.29) is 24.2 Å². The van der Waals surface area contributed by atoms with Crippen LogP contribution in [0.2, 0.25) is 0 Å². The van der Waals surface area contributed by atoms with Gasteiger partial charge in [0.2, 0.25) is 0 Å². The second-order valence-corrected chi connectivity index (χ2v) is 7.11. The maximum Gasteiger partial charge on any atom is 0.279 e. The number of carbonyl (C=O) groups is 1. The number of anilines is 1. The van der Waals surface area contributed by atoms with Crippen LogP contribution >= 0.6 is 0 Å². The number of amides is 1. The van der Waals surface area contributed by atoms with Crippen molar-refractivity contribution in [2.24, 2.45) is 5.92 Å². The van der Waals surface area contributed by atoms with Gasteiger partial charge in [-0.1, -0.05) is 45.0 Å². The van der Waals surface area contributed by atoms with Gasteiger partial charge >= 0.3 is 0 Å². The molecule has 0 fully saturated rings. The molecule has 2 aromatic rings. The van der Waals surface area contributed by atoms with Gasteiger partial charge in [-0.15, -0.1) is 0 Å². The van der Waals surface area contributed by atoms with Crippen molar-refractivity contribution in [1.29, 1.82) is 0 Å². The number of benzene rings is 2. The summed E-state index contributed by atoms with van der Waals surface area (Å²) in [5.41, 5.74) is 3.81. The fourth-order valence-electron chi connectivity index (χ4n) is 3.11. The molecule has 1 atom stereocenters. The SMILES string of the molecule is CCc1ccc([C@H]([NH2+]CC(=O)Nc2ccc([N+](=O)[O-])cc2C)C(C)C)cc1. The average Bonchev–Trinajstić information content (AvgIpc) is 2.63. The van der Waals surface area contributed by atoms with E-state index in [1.165, 1.54) is 23.3 Å². The number of rotatable bonds is 8. The van der Waals surface area contributed by atoms with Gasteiger partial charge in [-0.25, -0.2) is 0 Å². The number of non-ortho nitro benzene ring substituents is 1. The molecule has 0 bridgehead atoms. The van der Waals surface area contributed by atoms with Crippen molar-refractivity contribution in [2.45, 2.75) is 40.2 Å². The van der Waals surface area contributed by atoms with Crippen molar-refractivity contribution < 1.29 is 15.0 Å². The molecule has 0 unspecified atom stereocenters. The first-order valence-corrected chi connectivity index (χ1v) is 9.28. The van der Waals surface area contributed by atoms with Crippen LogP contribution < -0.4 is 10.6 Å². The smallest absolute Gasteiger partial charge is 0.279 e. The van der Waals surface area contributed by atoms with Crippen molar-refractivity contribution >= 4 is 17.3 Å². The van der Waals surface area contributed by atoms with Crippen LogP contribution in [0.15, 0.2) is 42.5 Å². The molecule has 0 saturated carbocycles. The van der Waals surface area contributed by atoms with Crippen LogP contribution in [-0.2, 0) is 11.2 Å². The number of aryl methyl sites for hydroxylation is 2. The predicted molar refractivity (Wildman–Crippen MR) is 107 cm³/mol. The molecule has 0 heterocycles. The van der Waals surface area contributed by atoms with E-state index in [1.54, 1.807) is 13.0 Å². The van der Waals surface area contributed by atoms with Crippen LogP contribution in [-0.4, -0.2) is 17.4 Å². The summed E-state index contributed by atoms with van der Waals surface area (Å²) in [6.45, 7) is 8.46. The number of nitrogens with two attached hydrogens (primary N) is 1. The zero-order valence-corrected chi connectivity index (χ0v) is 16.4. The van der Waals surface area contributed by atoms with Crippen LogP contribution in [0.5, 0.6) is 0 Å². The molecule has 0 aliphatic heterocycles. The lowest BCUT2D eigenvalue weighted by Crippen LogP contribution is -2.88. The first-order valence-electron chi connectivity index (χ1n) is 9.28. The fourth-order valence-corrected chi connectivity index (χ4v) is 3.11. The Kier molecular flexibility index (Phi) is 7.07. The molecule has 1 amide bonds. The molecule has 6 nitrogen and oxygen atoms in total. The standard InChI is InChI=1S/C21H27N3O3/c1-5-16-6-8-17(9-7-16)21(14(2)3)22-13-20(25)23-19-11-10-18(24(26)27)12-15(19)4/h6-12,14,21-22H,5,13H2,1-4H3,(H,23,25)/p+1/t21-/m1/s1. The molecule has 0 saturated heterocycles. The van der Waals surface area contributed by atoms with Crippen molar-refractivity contribution in [3.63, 3.8) is 0 Å². The van der Waals surface area contributed by atoms with Gasteiger partial charge in [-0.3, -0.25) is 14.9 Å². The highest BCUT2D eigenvalue weighted by Gasteiger charge is 2.21. The van der Waals surface area contributed by atoms with Crippen LogP contribution in [0.4, 0.5) is 11.4 Å². The second-order valence-electron chi connectivity index (χ2n) is 7.11. The number of nitrogens with zero attached hydrogens (tertiary/aromatic N) is 1. The summed E-state index contributed by atoms with van der Waals surface area (Å²) in [5.74, 6) is 0.258. The van der Waals surface area contributed by atoms with E-state index in [9.17, 15) is 14.9 Å². The Balaban J connectivity index is 2.00. The first-order chi connectivity index (χ1) is 12.8. The maximum absolute atomic E-state index is 12.4. The number of carbonyl (C=O) groups excluding carboxylic acids is 1. The minimum absolute atomic E-state index is 0.0208. The quantitative estimate of drug-likeness (QED) is 0.551. The van der Waals surface area contributed by atoms with E-state index in [1.807, 2.05) is 5.32 Å². The molecular weight excluding hydrogens is 342 g/mol. The van der Waals surface area contributed by atoms with E-state index in [0.29, 0.717) is 17.2 Å². The molecule has 6 heteroatoms. The number of nitrogens with one attached hydrogen (secondary N) is 1. The Bertz CT molecular complexity index is 801. The van der Waals surface area contributed by atoms with Gasteiger partial charge < -0.3 is 10.6 Å². The normalized spacial score (nSPS) is 12.0. The number of nitro groups is 1. The number of quaternary nitrogens is 1. The number of hydrogen-bond donors (Lipinski definition) is 2. The third-order valence-electron chi connectivity index (χ3n) is 4.74. The van der Waals surface area contributed by atoms with Crippen LogP contribution in [0.25, 0.3) is 0 Å². The molecule has 2 rings (SSSR count). The highest BCUT2D eigenvalue weighted by Crippen LogP contribution is 2.21. The highest BCUT2D eigenvalue weighted by molar-refractivity contribution is 5.92. The van der Waals surface area contributed by atoms with Gasteiger partial charge in [0.1, 0.15) is 6.04 Å². The summed E-state index contributed by atoms with van der Waals surface area (Å²) in [6, 6.07) is 13.2. The number of nitro benzene ring substituents is 1. The molecule has 27 heavy (non-hydrogen) atoms. The van der Waals surface area contributed by atoms with Gasteiger partial charge in [0, 0.05) is 29.3 Å². The van der Waals surface area contributed by atoms with Gasteiger partial charge in [-0.2, -0.15) is 0 Å². The minimum Gasteiger partial charge on any atom is -0.332 e. The van der Waals surface area contributed by atoms with E-state index in [2.05, 4.69) is 50.4 Å². The van der Waals surface area contributed by atoms with Gasteiger partial charge in [0.15, 0.2) is 6.54 Å². The van der Waals surface area contributed by atoms with E-state index in [0.717, 1.165) is 6.42 Å². The van der Waals surface area contributed by atoms with E-state index in [4.69, 9.17) is 0 Å². The molecule has 0 radical (unpaired) electrons. The zero-order valence-electron chi connectivity index (χ0n) is 16.4. The van der Waals surface area contributed by atoms with Gasteiger partial charge in [-0.05, 0) is 30.5 Å². The molecule has 0 aliphatic carbocycles. The second kappa shape index (κ2) is 9.28. The summed E-state index contributed by atoms with van der Waals surface area (Å²) in [6.07, 6.45) is 1.01. The third-order valence-corrected chi connectivity index (χ3v) is 4.74. The summed E-state index contributed by atoms with van der Waals surface area (Å²) >= 11 is 0. The highest BCUT2D eigenvalue weighted by atomic mass is 16.6. The van der Waals surface area contributed by atoms with Crippen LogP contribution in [0.1, 0.15) is 43.5 Å². The molecule has 0 aromatic heterocycles. The maximum atomic E-state index is 12.4. The lowest BCUT2D eigenvalue weighted by atomic mass is 9.95. The largest absolute Gasteiger partial charge is 0.332 e. The zero-order chi connectivity index (χ0) is 20.0. The van der Waals surface area contributed by atoms with Crippen molar-refractivity contribution in [2.75, 3.05) is 11.9 Å². The Labute approximate surface area is 160 Å². The van der Waals surface area contributed by atoms with Crippen molar-refractivity contribution in [1.82, 2.24) is 0 Å². The fraction of sp³-hybridized carbons (Fsp3) is 0.381. The van der Waals surface area contributed by atoms with Crippen molar-refractivity contribution in [3.8, 4) is 0 Å². The lowest BCUT2D eigenvalue weighted by molar-refractivity contribution is -0.692. The Hall–Kier alpha value is -2.73. The van der Waals surface area contributed by atoms with Crippen LogP contribution in [0.3, 0.4) is 0 Å². The number of hydrogen-bond acceptors (Lipinski definition) is 3. The predicted octanol–water partition coefficient (Wildman–Crippen LogP) is 3.36. The van der Waals surface area contributed by atoms with Crippen LogP contribution in [0, 0.1) is 23.0 Å². The summed E-state index contributed by atoms with van der Waals surface area (Å²) in [7, 11) is 0. The average molecular weight is 370 g/mol. The third kappa shape index (κ3) is 5.62. The molecule has 2 aromatic carbocycles. The molecule has 0 aliphatic rings. The van der Waals surface area contributed by atoms with Gasteiger partial charge in [0.05, 0.1) is 4.92 Å². The molecule has 0 spiro atoms. The first kappa shape index (κ1) is 20.6. The molecule has 144 valence electrons. The monoisotopic (exact) mass is 370 g/mol. The Morgan fingerprint density at radius 2 is 1.85 bits per heavy atom. The van der Waals surface area contributed by atoms with E-state index >= 15 is 0 Å². The summed E-state index contributed by atoms with van der Waals surface area (Å²) in [5, 5.41) is 15.7. The minimum atomic E-state index is -0.441.